The summed E-state index contributed by atoms with van der Waals surface area (Å²) >= 11 is 1.78. The number of hydrogen-bond donors (Lipinski definition) is 2. The Morgan fingerprint density at radius 2 is 2.29 bits per heavy atom. The minimum atomic E-state index is 0.291. The predicted octanol–water partition coefficient (Wildman–Crippen LogP) is 2.56. The van der Waals surface area contributed by atoms with Crippen molar-refractivity contribution in [2.45, 2.75) is 38.8 Å². The van der Waals surface area contributed by atoms with Crippen LogP contribution in [0, 0.1) is 0 Å². The van der Waals surface area contributed by atoms with Crippen LogP contribution >= 0.6 is 11.3 Å². The zero-order chi connectivity index (χ0) is 10.4. The van der Waals surface area contributed by atoms with Crippen LogP contribution in [0.3, 0.4) is 0 Å². The molecule has 1 rings (SSSR count). The molecule has 0 amide bonds. The molecule has 0 fully saturated rings. The summed E-state index contributed by atoms with van der Waals surface area (Å²) < 4.78 is 0. The third-order valence-corrected chi connectivity index (χ3v) is 3.35. The van der Waals surface area contributed by atoms with E-state index in [1.54, 1.807) is 11.3 Å². The molecule has 0 aliphatic rings. The van der Waals surface area contributed by atoms with Crippen molar-refractivity contribution in [1.82, 2.24) is 5.32 Å². The van der Waals surface area contributed by atoms with E-state index in [0.29, 0.717) is 18.7 Å². The average Bonchev–Trinajstić information content (AvgIpc) is 2.67. The molecule has 80 valence electrons. The van der Waals surface area contributed by atoms with Crippen molar-refractivity contribution in [3.05, 3.63) is 22.4 Å². The summed E-state index contributed by atoms with van der Waals surface area (Å²) in [4.78, 5) is 1.38. The first-order valence-electron chi connectivity index (χ1n) is 5.14. The van der Waals surface area contributed by atoms with Gasteiger partial charge >= 0.3 is 0 Å². The van der Waals surface area contributed by atoms with Gasteiger partial charge in [-0.05, 0) is 38.1 Å². The summed E-state index contributed by atoms with van der Waals surface area (Å²) in [5.74, 6) is 0. The molecule has 0 bridgehead atoms. The highest BCUT2D eigenvalue weighted by atomic mass is 32.1. The van der Waals surface area contributed by atoms with E-state index in [0.717, 1.165) is 12.8 Å². The highest BCUT2D eigenvalue weighted by Gasteiger charge is 2.09. The molecule has 1 aromatic heterocycles. The summed E-state index contributed by atoms with van der Waals surface area (Å²) in [5, 5.41) is 14.3. The van der Waals surface area contributed by atoms with Crippen molar-refractivity contribution in [1.29, 1.82) is 0 Å². The van der Waals surface area contributed by atoms with E-state index >= 15 is 0 Å². The van der Waals surface area contributed by atoms with Crippen LogP contribution in [-0.2, 0) is 0 Å². The van der Waals surface area contributed by atoms with Gasteiger partial charge in [0.2, 0.25) is 0 Å². The molecule has 2 N–H and O–H groups in total. The number of nitrogens with one attached hydrogen (secondary N) is 1. The van der Waals surface area contributed by atoms with Crippen molar-refractivity contribution in [3.8, 4) is 0 Å². The largest absolute Gasteiger partial charge is 0.396 e. The summed E-state index contributed by atoms with van der Waals surface area (Å²) in [6, 6.07) is 5.13. The van der Waals surface area contributed by atoms with Gasteiger partial charge in [0.15, 0.2) is 0 Å². The summed E-state index contributed by atoms with van der Waals surface area (Å²) in [6.45, 7) is 4.64. The molecular formula is C11H19NOS. The Bertz CT molecular complexity index is 235. The minimum absolute atomic E-state index is 0.291. The van der Waals surface area contributed by atoms with E-state index in [2.05, 4.69) is 36.7 Å². The van der Waals surface area contributed by atoms with Gasteiger partial charge in [-0.2, -0.15) is 0 Å². The Kier molecular flexibility index (Phi) is 5.15. The Balaban J connectivity index is 2.29. The monoisotopic (exact) mass is 213 g/mol. The number of aliphatic hydroxyl groups is 1. The molecule has 1 aromatic rings. The number of hydrogen-bond acceptors (Lipinski definition) is 3. The highest BCUT2D eigenvalue weighted by molar-refractivity contribution is 7.10. The van der Waals surface area contributed by atoms with Gasteiger partial charge in [-0.1, -0.05) is 6.07 Å². The molecule has 3 heteroatoms. The Morgan fingerprint density at radius 1 is 1.50 bits per heavy atom. The second-order valence-corrected chi connectivity index (χ2v) is 4.65. The molecule has 0 aliphatic carbocycles. The van der Waals surface area contributed by atoms with E-state index in [1.807, 2.05) is 0 Å². The summed E-state index contributed by atoms with van der Waals surface area (Å²) in [5.41, 5.74) is 0. The normalized spacial score (nSPS) is 15.4. The molecule has 0 saturated carbocycles. The lowest BCUT2D eigenvalue weighted by Crippen LogP contribution is -2.28. The first-order chi connectivity index (χ1) is 6.74. The molecule has 2 nitrogen and oxygen atoms in total. The lowest BCUT2D eigenvalue weighted by atomic mass is 10.1. The van der Waals surface area contributed by atoms with Gasteiger partial charge in [0.05, 0.1) is 0 Å². The molecule has 14 heavy (non-hydrogen) atoms. The Hall–Kier alpha value is -0.380. The zero-order valence-corrected chi connectivity index (χ0v) is 9.68. The topological polar surface area (TPSA) is 32.3 Å². The van der Waals surface area contributed by atoms with Crippen molar-refractivity contribution in [3.63, 3.8) is 0 Å². The van der Waals surface area contributed by atoms with E-state index in [4.69, 9.17) is 5.11 Å². The van der Waals surface area contributed by atoms with Crippen LogP contribution in [0.1, 0.15) is 37.6 Å². The van der Waals surface area contributed by atoms with E-state index in [1.165, 1.54) is 4.88 Å². The lowest BCUT2D eigenvalue weighted by molar-refractivity contribution is 0.274. The molecular weight excluding hydrogens is 194 g/mol. The molecule has 0 unspecified atom stereocenters. The Labute approximate surface area is 90.0 Å². The van der Waals surface area contributed by atoms with Gasteiger partial charge in [-0.3, -0.25) is 0 Å². The molecule has 2 atom stereocenters. The molecule has 0 aromatic carbocycles. The standard InChI is InChI=1S/C11H19NOS/c1-9(5-3-7-13)12-10(2)11-6-4-8-14-11/h4,6,8-10,12-13H,3,5,7H2,1-2H3/t9-,10+/m1/s1. The number of aliphatic hydroxyl groups excluding tert-OH is 1. The molecule has 0 aliphatic heterocycles. The SMILES string of the molecule is C[C@H](CCCO)N[C@@H](C)c1cccs1. The first-order valence-corrected chi connectivity index (χ1v) is 6.02. The van der Waals surface area contributed by atoms with Crippen LogP contribution < -0.4 is 5.32 Å². The molecule has 0 saturated heterocycles. The van der Waals surface area contributed by atoms with Crippen molar-refractivity contribution in [2.75, 3.05) is 6.61 Å². The second kappa shape index (κ2) is 6.17. The van der Waals surface area contributed by atoms with Gasteiger partial charge < -0.3 is 10.4 Å². The fraction of sp³-hybridized carbons (Fsp3) is 0.636. The van der Waals surface area contributed by atoms with E-state index < -0.39 is 0 Å². The third-order valence-electron chi connectivity index (χ3n) is 2.30. The van der Waals surface area contributed by atoms with Crippen molar-refractivity contribution < 1.29 is 5.11 Å². The van der Waals surface area contributed by atoms with Crippen molar-refractivity contribution in [2.24, 2.45) is 0 Å². The van der Waals surface area contributed by atoms with Crippen LogP contribution in [0.2, 0.25) is 0 Å². The number of rotatable bonds is 6. The Morgan fingerprint density at radius 3 is 2.86 bits per heavy atom. The predicted molar refractivity (Wildman–Crippen MR) is 61.7 cm³/mol. The maximum absolute atomic E-state index is 8.71. The third kappa shape index (κ3) is 3.78. The average molecular weight is 213 g/mol. The highest BCUT2D eigenvalue weighted by Crippen LogP contribution is 2.19. The van der Waals surface area contributed by atoms with Crippen LogP contribution in [0.15, 0.2) is 17.5 Å². The second-order valence-electron chi connectivity index (χ2n) is 3.67. The van der Waals surface area contributed by atoms with Crippen molar-refractivity contribution >= 4 is 11.3 Å². The van der Waals surface area contributed by atoms with Gasteiger partial charge in [-0.15, -0.1) is 11.3 Å². The van der Waals surface area contributed by atoms with Crippen LogP contribution in [0.25, 0.3) is 0 Å². The van der Waals surface area contributed by atoms with Gasteiger partial charge in [0.1, 0.15) is 0 Å². The molecule has 1 heterocycles. The summed E-state index contributed by atoms with van der Waals surface area (Å²) in [6.07, 6.45) is 1.91. The van der Waals surface area contributed by atoms with Gasteiger partial charge in [0, 0.05) is 23.6 Å². The minimum Gasteiger partial charge on any atom is -0.396 e. The van der Waals surface area contributed by atoms with Crippen LogP contribution in [0.4, 0.5) is 0 Å². The van der Waals surface area contributed by atoms with E-state index in [-0.39, 0.29) is 0 Å². The molecule has 0 spiro atoms. The maximum Gasteiger partial charge on any atom is 0.0431 e. The fourth-order valence-electron chi connectivity index (χ4n) is 1.53. The smallest absolute Gasteiger partial charge is 0.0431 e. The zero-order valence-electron chi connectivity index (χ0n) is 8.86. The number of thiophene rings is 1. The maximum atomic E-state index is 8.71. The molecule has 0 radical (unpaired) electrons. The quantitative estimate of drug-likeness (QED) is 0.761. The fourth-order valence-corrected chi connectivity index (χ4v) is 2.27. The van der Waals surface area contributed by atoms with Crippen LogP contribution in [-0.4, -0.2) is 17.8 Å². The first kappa shape index (κ1) is 11.7. The summed E-state index contributed by atoms with van der Waals surface area (Å²) in [7, 11) is 0. The van der Waals surface area contributed by atoms with Gasteiger partial charge in [-0.25, -0.2) is 0 Å². The van der Waals surface area contributed by atoms with Crippen LogP contribution in [0.5, 0.6) is 0 Å². The van der Waals surface area contributed by atoms with Gasteiger partial charge in [0.25, 0.3) is 0 Å². The van der Waals surface area contributed by atoms with E-state index in [9.17, 15) is 0 Å². The lowest BCUT2D eigenvalue weighted by Gasteiger charge is -2.18.